The number of ether oxygens (including phenoxy) is 1. The Labute approximate surface area is 114 Å². The van der Waals surface area contributed by atoms with Crippen molar-refractivity contribution in [3.05, 3.63) is 23.8 Å². The van der Waals surface area contributed by atoms with E-state index in [1.165, 1.54) is 5.56 Å². The minimum atomic E-state index is -0.391. The second-order valence-corrected chi connectivity index (χ2v) is 4.98. The highest BCUT2D eigenvalue weighted by molar-refractivity contribution is 5.98. The summed E-state index contributed by atoms with van der Waals surface area (Å²) in [4.78, 5) is 14.2. The van der Waals surface area contributed by atoms with Gasteiger partial charge in [-0.15, -0.1) is 0 Å². The summed E-state index contributed by atoms with van der Waals surface area (Å²) in [7, 11) is 1.66. The largest absolute Gasteiger partial charge is 0.497 e. The zero-order valence-corrected chi connectivity index (χ0v) is 11.7. The second-order valence-electron chi connectivity index (χ2n) is 4.98. The van der Waals surface area contributed by atoms with E-state index in [9.17, 15) is 4.79 Å². The summed E-state index contributed by atoms with van der Waals surface area (Å²) in [6, 6.07) is 5.48. The number of benzene rings is 1. The third kappa shape index (κ3) is 2.89. The second kappa shape index (κ2) is 6.06. The number of anilines is 1. The maximum absolute atomic E-state index is 12.4. The van der Waals surface area contributed by atoms with Gasteiger partial charge in [0.2, 0.25) is 5.91 Å². The van der Waals surface area contributed by atoms with Gasteiger partial charge in [0.05, 0.1) is 13.2 Å². The molecule has 1 atom stereocenters. The van der Waals surface area contributed by atoms with Crippen LogP contribution in [0.2, 0.25) is 0 Å². The van der Waals surface area contributed by atoms with Crippen molar-refractivity contribution in [3.8, 4) is 5.75 Å². The van der Waals surface area contributed by atoms with Crippen LogP contribution in [0.5, 0.6) is 5.75 Å². The van der Waals surface area contributed by atoms with Crippen molar-refractivity contribution >= 4 is 11.6 Å². The van der Waals surface area contributed by atoms with Crippen LogP contribution in [0.1, 0.15) is 31.7 Å². The van der Waals surface area contributed by atoms with Crippen molar-refractivity contribution in [3.63, 3.8) is 0 Å². The Bertz CT molecular complexity index is 459. The number of amides is 1. The van der Waals surface area contributed by atoms with Gasteiger partial charge < -0.3 is 15.4 Å². The number of carbonyl (C=O) groups excluding carboxylic acids is 1. The quantitative estimate of drug-likeness (QED) is 0.904. The lowest BCUT2D eigenvalue weighted by Crippen LogP contribution is -2.46. The van der Waals surface area contributed by atoms with Crippen LogP contribution < -0.4 is 15.4 Å². The zero-order chi connectivity index (χ0) is 13.8. The van der Waals surface area contributed by atoms with E-state index in [0.717, 1.165) is 43.7 Å². The van der Waals surface area contributed by atoms with E-state index in [2.05, 4.69) is 0 Å². The molecule has 0 radical (unpaired) electrons. The van der Waals surface area contributed by atoms with Crippen molar-refractivity contribution in [2.24, 2.45) is 5.73 Å². The molecule has 0 spiro atoms. The molecule has 0 saturated heterocycles. The van der Waals surface area contributed by atoms with Gasteiger partial charge in [-0.2, -0.15) is 0 Å². The van der Waals surface area contributed by atoms with Crippen molar-refractivity contribution in [2.45, 2.75) is 38.6 Å². The highest BCUT2D eigenvalue weighted by atomic mass is 16.5. The van der Waals surface area contributed by atoms with Gasteiger partial charge in [0, 0.05) is 12.2 Å². The normalized spacial score (nSPS) is 15.8. The third-order valence-electron chi connectivity index (χ3n) is 3.59. The molecule has 1 amide bonds. The molecule has 1 unspecified atom stereocenters. The van der Waals surface area contributed by atoms with E-state index in [-0.39, 0.29) is 5.91 Å². The van der Waals surface area contributed by atoms with Gasteiger partial charge in [-0.3, -0.25) is 4.79 Å². The van der Waals surface area contributed by atoms with Crippen molar-refractivity contribution < 1.29 is 9.53 Å². The Morgan fingerprint density at radius 2 is 2.32 bits per heavy atom. The maximum Gasteiger partial charge on any atom is 0.243 e. The molecule has 4 nitrogen and oxygen atoms in total. The highest BCUT2D eigenvalue weighted by Gasteiger charge is 2.26. The molecular weight excluding hydrogens is 240 g/mol. The molecule has 104 valence electrons. The minimum absolute atomic E-state index is 0.0352. The molecule has 1 aromatic rings. The van der Waals surface area contributed by atoms with Crippen LogP contribution in [0.3, 0.4) is 0 Å². The first-order valence-electron chi connectivity index (χ1n) is 6.91. The first-order chi connectivity index (χ1) is 9.17. The highest BCUT2D eigenvalue weighted by Crippen LogP contribution is 2.30. The third-order valence-corrected chi connectivity index (χ3v) is 3.59. The van der Waals surface area contributed by atoms with Crippen molar-refractivity contribution in [1.29, 1.82) is 0 Å². The standard InChI is InChI=1S/C15H22N2O2/c1-3-5-13(16)15(18)17-9-4-6-11-10-12(19-2)7-8-14(11)17/h7-8,10,13H,3-6,9,16H2,1-2H3. The van der Waals surface area contributed by atoms with E-state index < -0.39 is 6.04 Å². The number of hydrogen-bond acceptors (Lipinski definition) is 3. The Kier molecular flexibility index (Phi) is 4.43. The van der Waals surface area contributed by atoms with E-state index in [4.69, 9.17) is 10.5 Å². The molecule has 19 heavy (non-hydrogen) atoms. The Balaban J connectivity index is 2.24. The van der Waals surface area contributed by atoms with Gasteiger partial charge in [-0.05, 0) is 43.0 Å². The number of methoxy groups -OCH3 is 1. The zero-order valence-electron chi connectivity index (χ0n) is 11.7. The predicted molar refractivity (Wildman–Crippen MR) is 76.6 cm³/mol. The van der Waals surface area contributed by atoms with Crippen LogP contribution in [-0.2, 0) is 11.2 Å². The summed E-state index contributed by atoms with van der Waals surface area (Å²) in [6.45, 7) is 2.80. The minimum Gasteiger partial charge on any atom is -0.497 e. The van der Waals surface area contributed by atoms with Crippen LogP contribution in [0, 0.1) is 0 Å². The predicted octanol–water partition coefficient (Wildman–Crippen LogP) is 2.10. The van der Waals surface area contributed by atoms with E-state index in [1.54, 1.807) is 7.11 Å². The van der Waals surface area contributed by atoms with E-state index in [1.807, 2.05) is 30.0 Å². The smallest absolute Gasteiger partial charge is 0.243 e. The molecule has 1 aliphatic rings. The topological polar surface area (TPSA) is 55.6 Å². The molecule has 4 heteroatoms. The summed E-state index contributed by atoms with van der Waals surface area (Å²) in [5, 5.41) is 0. The molecular formula is C15H22N2O2. The van der Waals surface area contributed by atoms with Crippen LogP contribution >= 0.6 is 0 Å². The number of rotatable bonds is 4. The van der Waals surface area contributed by atoms with Crippen molar-refractivity contribution in [1.82, 2.24) is 0 Å². The monoisotopic (exact) mass is 262 g/mol. The lowest BCUT2D eigenvalue weighted by molar-refractivity contribution is -0.120. The average molecular weight is 262 g/mol. The molecule has 1 heterocycles. The number of carbonyl (C=O) groups is 1. The number of hydrogen-bond donors (Lipinski definition) is 1. The van der Waals surface area contributed by atoms with Crippen LogP contribution in [0.15, 0.2) is 18.2 Å². The molecule has 2 N–H and O–H groups in total. The molecule has 0 saturated carbocycles. The first kappa shape index (κ1) is 13.9. The summed E-state index contributed by atoms with van der Waals surface area (Å²) >= 11 is 0. The summed E-state index contributed by atoms with van der Waals surface area (Å²) in [5.74, 6) is 0.874. The van der Waals surface area contributed by atoms with Gasteiger partial charge in [0.15, 0.2) is 0 Å². The number of aryl methyl sites for hydroxylation is 1. The molecule has 0 fully saturated rings. The number of nitrogens with zero attached hydrogens (tertiary/aromatic N) is 1. The van der Waals surface area contributed by atoms with E-state index >= 15 is 0 Å². The van der Waals surface area contributed by atoms with Crippen molar-refractivity contribution in [2.75, 3.05) is 18.6 Å². The summed E-state index contributed by atoms with van der Waals surface area (Å²) < 4.78 is 5.23. The van der Waals surface area contributed by atoms with E-state index in [0.29, 0.717) is 0 Å². The SMILES string of the molecule is CCCC(N)C(=O)N1CCCc2cc(OC)ccc21. The molecule has 0 aliphatic carbocycles. The van der Waals surface area contributed by atoms with Gasteiger partial charge in [0.25, 0.3) is 0 Å². The number of fused-ring (bicyclic) bond motifs is 1. The summed E-state index contributed by atoms with van der Waals surface area (Å²) in [5.41, 5.74) is 8.11. The lowest BCUT2D eigenvalue weighted by Gasteiger charge is -2.31. The molecule has 1 aromatic carbocycles. The van der Waals surface area contributed by atoms with Crippen LogP contribution in [0.4, 0.5) is 5.69 Å². The van der Waals surface area contributed by atoms with Gasteiger partial charge in [-0.1, -0.05) is 13.3 Å². The fourth-order valence-corrected chi connectivity index (χ4v) is 2.56. The molecule has 1 aliphatic heterocycles. The van der Waals surface area contributed by atoms with Gasteiger partial charge >= 0.3 is 0 Å². The molecule has 0 aromatic heterocycles. The van der Waals surface area contributed by atoms with Crippen LogP contribution in [-0.4, -0.2) is 25.6 Å². The Morgan fingerprint density at radius 3 is 3.00 bits per heavy atom. The first-order valence-corrected chi connectivity index (χ1v) is 6.91. The lowest BCUT2D eigenvalue weighted by atomic mass is 10.00. The maximum atomic E-state index is 12.4. The Morgan fingerprint density at radius 1 is 1.53 bits per heavy atom. The fourth-order valence-electron chi connectivity index (χ4n) is 2.56. The van der Waals surface area contributed by atoms with Gasteiger partial charge in [0.1, 0.15) is 5.75 Å². The van der Waals surface area contributed by atoms with Gasteiger partial charge in [-0.25, -0.2) is 0 Å². The summed E-state index contributed by atoms with van der Waals surface area (Å²) in [6.07, 6.45) is 3.63. The fraction of sp³-hybridized carbons (Fsp3) is 0.533. The molecule has 2 rings (SSSR count). The average Bonchev–Trinajstić information content (AvgIpc) is 2.45. The van der Waals surface area contributed by atoms with Crippen LogP contribution in [0.25, 0.3) is 0 Å². The Hall–Kier alpha value is -1.55. The molecule has 0 bridgehead atoms. The number of nitrogens with two attached hydrogens (primary N) is 1.